The maximum absolute atomic E-state index is 12.4. The van der Waals surface area contributed by atoms with Gasteiger partial charge in [0.2, 0.25) is 5.91 Å². The Hall–Kier alpha value is -1.44. The van der Waals surface area contributed by atoms with E-state index in [2.05, 4.69) is 43.5 Å². The standard InChI is InChI=1S/C35H65NO5S/c1-3-5-7-9-11-13-15-16-17-18-19-21-22-24-26-28-30-34(37)33(32-42(39,40)41)36-35(38)31-29-27-25-23-20-14-12-10-8-6-4-2/h16-17,21-22,28,30,33-34,37H,3-15,18-20,23-27,29,31-32H2,1-2H3,(H,36,38)(H,39,40,41)/b17-16+,22-21+,30-28+. The molecule has 0 aromatic rings. The summed E-state index contributed by atoms with van der Waals surface area (Å²) < 4.78 is 32.2. The molecule has 0 spiro atoms. The van der Waals surface area contributed by atoms with Crippen LogP contribution in [0.5, 0.6) is 0 Å². The lowest BCUT2D eigenvalue weighted by Crippen LogP contribution is -2.46. The number of amides is 1. The fraction of sp³-hybridized carbons (Fsp3) is 0.800. The van der Waals surface area contributed by atoms with Crippen molar-refractivity contribution in [2.45, 2.75) is 174 Å². The first kappa shape index (κ1) is 40.6. The molecule has 0 bridgehead atoms. The predicted octanol–water partition coefficient (Wildman–Crippen LogP) is 9.40. The van der Waals surface area contributed by atoms with Gasteiger partial charge < -0.3 is 10.4 Å². The first-order valence-electron chi connectivity index (χ1n) is 17.2. The maximum atomic E-state index is 12.4. The highest BCUT2D eigenvalue weighted by Gasteiger charge is 2.24. The molecule has 2 atom stereocenters. The van der Waals surface area contributed by atoms with Gasteiger partial charge >= 0.3 is 0 Å². The zero-order chi connectivity index (χ0) is 31.2. The molecule has 0 aliphatic heterocycles. The number of allylic oxidation sites excluding steroid dienone is 5. The molecule has 0 aliphatic rings. The van der Waals surface area contributed by atoms with Crippen LogP contribution in [0.15, 0.2) is 36.5 Å². The van der Waals surface area contributed by atoms with E-state index >= 15 is 0 Å². The van der Waals surface area contributed by atoms with Gasteiger partial charge in [-0.15, -0.1) is 0 Å². The molecule has 1 amide bonds. The molecule has 0 aliphatic carbocycles. The van der Waals surface area contributed by atoms with E-state index in [0.29, 0.717) is 6.42 Å². The van der Waals surface area contributed by atoms with Crippen LogP contribution in [0.2, 0.25) is 0 Å². The van der Waals surface area contributed by atoms with Crippen molar-refractivity contribution >= 4 is 16.0 Å². The fourth-order valence-corrected chi connectivity index (χ4v) is 5.68. The van der Waals surface area contributed by atoms with Gasteiger partial charge in [-0.05, 0) is 44.9 Å². The number of unbranched alkanes of at least 4 members (excludes halogenated alkanes) is 18. The van der Waals surface area contributed by atoms with E-state index in [4.69, 9.17) is 0 Å². The molecule has 0 aromatic heterocycles. The number of aliphatic hydroxyl groups excluding tert-OH is 1. The van der Waals surface area contributed by atoms with E-state index in [1.165, 1.54) is 102 Å². The first-order valence-corrected chi connectivity index (χ1v) is 18.8. The van der Waals surface area contributed by atoms with E-state index in [-0.39, 0.29) is 12.3 Å². The number of nitrogens with one attached hydrogen (secondary N) is 1. The van der Waals surface area contributed by atoms with E-state index in [0.717, 1.165) is 38.5 Å². The predicted molar refractivity (Wildman–Crippen MR) is 179 cm³/mol. The molecule has 0 saturated carbocycles. The Bertz CT molecular complexity index is 806. The highest BCUT2D eigenvalue weighted by Crippen LogP contribution is 2.12. The Kier molecular flexibility index (Phi) is 28.6. The Labute approximate surface area is 259 Å². The molecule has 3 N–H and O–H groups in total. The van der Waals surface area contributed by atoms with E-state index in [1.54, 1.807) is 6.08 Å². The average Bonchev–Trinajstić information content (AvgIpc) is 2.94. The second-order valence-corrected chi connectivity index (χ2v) is 13.3. The first-order chi connectivity index (χ1) is 20.3. The van der Waals surface area contributed by atoms with Crippen LogP contribution in [0.4, 0.5) is 0 Å². The van der Waals surface area contributed by atoms with Crippen molar-refractivity contribution in [2.75, 3.05) is 5.75 Å². The maximum Gasteiger partial charge on any atom is 0.267 e. The second-order valence-electron chi connectivity index (χ2n) is 11.8. The number of aliphatic hydroxyl groups is 1. The van der Waals surface area contributed by atoms with Crippen LogP contribution >= 0.6 is 0 Å². The molecule has 0 saturated heterocycles. The van der Waals surface area contributed by atoms with Gasteiger partial charge in [0.05, 0.1) is 17.9 Å². The molecule has 0 aromatic carbocycles. The summed E-state index contributed by atoms with van der Waals surface area (Å²) in [5.74, 6) is -1.01. The minimum absolute atomic E-state index is 0.286. The molecule has 2 unspecified atom stereocenters. The second kappa shape index (κ2) is 29.6. The molecule has 42 heavy (non-hydrogen) atoms. The molecule has 246 valence electrons. The zero-order valence-electron chi connectivity index (χ0n) is 27.1. The summed E-state index contributed by atoms with van der Waals surface area (Å²) >= 11 is 0. The van der Waals surface area contributed by atoms with E-state index < -0.39 is 28.0 Å². The van der Waals surface area contributed by atoms with Crippen molar-refractivity contribution in [3.8, 4) is 0 Å². The molecule has 7 heteroatoms. The normalized spacial score (nSPS) is 13.9. The van der Waals surface area contributed by atoms with Crippen LogP contribution in [0.3, 0.4) is 0 Å². The summed E-state index contributed by atoms with van der Waals surface area (Å²) in [4.78, 5) is 12.4. The zero-order valence-corrected chi connectivity index (χ0v) is 27.9. The van der Waals surface area contributed by atoms with Gasteiger partial charge in [-0.25, -0.2) is 0 Å². The van der Waals surface area contributed by atoms with Crippen molar-refractivity contribution < 1.29 is 22.9 Å². The molecule has 6 nitrogen and oxygen atoms in total. The third kappa shape index (κ3) is 30.0. The van der Waals surface area contributed by atoms with Gasteiger partial charge in [-0.2, -0.15) is 8.42 Å². The summed E-state index contributed by atoms with van der Waals surface area (Å²) in [6.07, 6.45) is 37.0. The molecule has 0 heterocycles. The number of carbonyl (C=O) groups excluding carboxylic acids is 1. The molecule has 0 rings (SSSR count). The molecular formula is C35H65NO5S. The van der Waals surface area contributed by atoms with Gasteiger partial charge in [0.15, 0.2) is 0 Å². The summed E-state index contributed by atoms with van der Waals surface area (Å²) in [7, 11) is -4.35. The quantitative estimate of drug-likeness (QED) is 0.0426. The third-order valence-corrected chi connectivity index (χ3v) is 8.33. The van der Waals surface area contributed by atoms with Gasteiger partial charge in [0.1, 0.15) is 0 Å². The Morgan fingerprint density at radius 2 is 1.02 bits per heavy atom. The van der Waals surface area contributed by atoms with Gasteiger partial charge in [-0.3, -0.25) is 9.35 Å². The van der Waals surface area contributed by atoms with Crippen LogP contribution in [-0.2, 0) is 14.9 Å². The van der Waals surface area contributed by atoms with Crippen molar-refractivity contribution in [2.24, 2.45) is 0 Å². The van der Waals surface area contributed by atoms with Gasteiger partial charge in [0.25, 0.3) is 10.1 Å². The lowest BCUT2D eigenvalue weighted by atomic mass is 10.0. The topological polar surface area (TPSA) is 104 Å². The largest absolute Gasteiger partial charge is 0.387 e. The Balaban J connectivity index is 4.12. The van der Waals surface area contributed by atoms with Crippen molar-refractivity contribution in [3.63, 3.8) is 0 Å². The summed E-state index contributed by atoms with van der Waals surface area (Å²) in [6, 6.07) is -1.07. The van der Waals surface area contributed by atoms with Crippen molar-refractivity contribution in [1.29, 1.82) is 0 Å². The summed E-state index contributed by atoms with van der Waals surface area (Å²) in [5, 5.41) is 13.1. The van der Waals surface area contributed by atoms with Crippen LogP contribution in [-0.4, -0.2) is 41.9 Å². The highest BCUT2D eigenvalue weighted by molar-refractivity contribution is 7.85. The average molecular weight is 612 g/mol. The summed E-state index contributed by atoms with van der Waals surface area (Å²) in [6.45, 7) is 4.47. The lowest BCUT2D eigenvalue weighted by Gasteiger charge is -2.21. The Morgan fingerprint density at radius 1 is 0.619 bits per heavy atom. The number of carbonyl (C=O) groups is 1. The third-order valence-electron chi connectivity index (χ3n) is 7.55. The van der Waals surface area contributed by atoms with Crippen LogP contribution < -0.4 is 5.32 Å². The minimum Gasteiger partial charge on any atom is -0.387 e. The smallest absolute Gasteiger partial charge is 0.267 e. The highest BCUT2D eigenvalue weighted by atomic mass is 32.2. The van der Waals surface area contributed by atoms with Crippen LogP contribution in [0, 0.1) is 0 Å². The van der Waals surface area contributed by atoms with Gasteiger partial charge in [0, 0.05) is 6.42 Å². The van der Waals surface area contributed by atoms with E-state index in [1.807, 2.05) is 0 Å². The molecule has 0 fully saturated rings. The van der Waals surface area contributed by atoms with Crippen molar-refractivity contribution in [1.82, 2.24) is 5.32 Å². The molecular weight excluding hydrogens is 546 g/mol. The summed E-state index contributed by atoms with van der Waals surface area (Å²) in [5.41, 5.74) is 0. The van der Waals surface area contributed by atoms with Crippen molar-refractivity contribution in [3.05, 3.63) is 36.5 Å². The monoisotopic (exact) mass is 611 g/mol. The molecule has 0 radical (unpaired) electrons. The number of rotatable bonds is 30. The number of hydrogen-bond acceptors (Lipinski definition) is 4. The van der Waals surface area contributed by atoms with E-state index in [9.17, 15) is 22.9 Å². The Morgan fingerprint density at radius 3 is 1.50 bits per heavy atom. The fourth-order valence-electron chi connectivity index (χ4n) is 4.95. The van der Waals surface area contributed by atoms with Crippen LogP contribution in [0.1, 0.15) is 162 Å². The lowest BCUT2D eigenvalue weighted by molar-refractivity contribution is -0.122. The van der Waals surface area contributed by atoms with Gasteiger partial charge in [-0.1, -0.05) is 147 Å². The number of hydrogen-bond donors (Lipinski definition) is 3. The van der Waals surface area contributed by atoms with Crippen LogP contribution in [0.25, 0.3) is 0 Å². The SMILES string of the molecule is CCCCCCCC/C=C/CC/C=C/CC/C=C/C(O)C(CS(=O)(=O)O)NC(=O)CCCCCCCCCCCCC. The minimum atomic E-state index is -4.35.